The summed E-state index contributed by atoms with van der Waals surface area (Å²) in [7, 11) is 0. The van der Waals surface area contributed by atoms with E-state index in [1.165, 1.54) is 12.5 Å². The fourth-order valence-electron chi connectivity index (χ4n) is 1.24. The smallest absolute Gasteiger partial charge is 0.355 e. The number of nitrogens with one attached hydrogen (secondary N) is 1. The average Bonchev–Trinajstić information content (AvgIpc) is 2.89. The summed E-state index contributed by atoms with van der Waals surface area (Å²) in [6, 6.07) is 0. The van der Waals surface area contributed by atoms with Gasteiger partial charge in [-0.1, -0.05) is 0 Å². The fourth-order valence-corrected chi connectivity index (χ4v) is 1.67. The lowest BCUT2D eigenvalue weighted by molar-refractivity contribution is -0.151. The van der Waals surface area contributed by atoms with Crippen molar-refractivity contribution in [1.29, 1.82) is 0 Å². The van der Waals surface area contributed by atoms with Gasteiger partial charge >= 0.3 is 6.18 Å². The van der Waals surface area contributed by atoms with Gasteiger partial charge in [0.2, 0.25) is 0 Å². The van der Waals surface area contributed by atoms with Crippen molar-refractivity contribution in [1.82, 2.24) is 9.97 Å². The van der Waals surface area contributed by atoms with Gasteiger partial charge in [0.25, 0.3) is 0 Å². The van der Waals surface area contributed by atoms with Crippen molar-refractivity contribution in [2.75, 3.05) is 5.32 Å². The summed E-state index contributed by atoms with van der Waals surface area (Å²) in [6.45, 7) is 0. The Morgan fingerprint density at radius 1 is 1.40 bits per heavy atom. The lowest BCUT2D eigenvalue weighted by Gasteiger charge is -2.21. The average molecular weight is 329 g/mol. The molecule has 0 saturated heterocycles. The third-order valence-corrected chi connectivity index (χ3v) is 3.11. The van der Waals surface area contributed by atoms with E-state index in [2.05, 4.69) is 15.3 Å². The van der Waals surface area contributed by atoms with Gasteiger partial charge in [-0.2, -0.15) is 13.2 Å². The van der Waals surface area contributed by atoms with E-state index < -0.39 is 11.7 Å². The van der Waals surface area contributed by atoms with Gasteiger partial charge in [-0.05, 0) is 35.4 Å². The molecule has 1 saturated carbocycles. The summed E-state index contributed by atoms with van der Waals surface area (Å²) < 4.78 is 38.4. The first-order valence-electron chi connectivity index (χ1n) is 4.25. The molecule has 3 nitrogen and oxygen atoms in total. The van der Waals surface area contributed by atoms with Crippen LogP contribution in [0.4, 0.5) is 19.0 Å². The van der Waals surface area contributed by atoms with Crippen LogP contribution in [0.15, 0.2) is 12.5 Å². The third kappa shape index (κ3) is 2.01. The first-order valence-corrected chi connectivity index (χ1v) is 5.33. The Labute approximate surface area is 97.6 Å². The zero-order chi connectivity index (χ0) is 11.1. The first-order chi connectivity index (χ1) is 6.95. The number of halogens is 4. The highest BCUT2D eigenvalue weighted by Crippen LogP contribution is 2.51. The Kier molecular flexibility index (Phi) is 2.52. The summed E-state index contributed by atoms with van der Waals surface area (Å²) in [5.74, 6) is 0.250. The summed E-state index contributed by atoms with van der Waals surface area (Å²) in [5.41, 5.74) is -1.76. The number of nitrogens with zero attached hydrogens (tertiary/aromatic N) is 2. The van der Waals surface area contributed by atoms with Crippen LogP contribution in [0.25, 0.3) is 0 Å². The van der Waals surface area contributed by atoms with Crippen LogP contribution in [0.1, 0.15) is 12.8 Å². The van der Waals surface area contributed by atoms with E-state index in [0.29, 0.717) is 3.57 Å². The van der Waals surface area contributed by atoms with E-state index in [1.54, 1.807) is 0 Å². The van der Waals surface area contributed by atoms with E-state index in [1.807, 2.05) is 22.6 Å². The van der Waals surface area contributed by atoms with Crippen molar-refractivity contribution in [3.8, 4) is 0 Å². The van der Waals surface area contributed by atoms with Gasteiger partial charge in [0.1, 0.15) is 17.7 Å². The molecule has 0 aliphatic heterocycles. The van der Waals surface area contributed by atoms with Gasteiger partial charge in [0.05, 0.1) is 3.57 Å². The summed E-state index contributed by atoms with van der Waals surface area (Å²) >= 11 is 1.90. The van der Waals surface area contributed by atoms with E-state index in [4.69, 9.17) is 0 Å². The molecule has 82 valence electrons. The molecule has 1 aliphatic rings. The highest BCUT2D eigenvalue weighted by molar-refractivity contribution is 14.1. The van der Waals surface area contributed by atoms with E-state index in [9.17, 15) is 13.2 Å². The molecule has 7 heteroatoms. The summed E-state index contributed by atoms with van der Waals surface area (Å²) in [6.07, 6.45) is -1.30. The van der Waals surface area contributed by atoms with E-state index >= 15 is 0 Å². The summed E-state index contributed by atoms with van der Waals surface area (Å²) in [5, 5.41) is 2.45. The Morgan fingerprint density at radius 3 is 2.53 bits per heavy atom. The number of anilines is 1. The predicted molar refractivity (Wildman–Crippen MR) is 56.4 cm³/mol. The fraction of sp³-hybridized carbons (Fsp3) is 0.500. The maximum atomic E-state index is 12.6. The van der Waals surface area contributed by atoms with Gasteiger partial charge in [-0.3, -0.25) is 0 Å². The molecule has 1 aromatic heterocycles. The lowest BCUT2D eigenvalue weighted by Crippen LogP contribution is -2.39. The molecule has 1 aliphatic carbocycles. The third-order valence-electron chi connectivity index (χ3n) is 2.32. The second-order valence-electron chi connectivity index (χ2n) is 3.42. The number of hydrogen-bond donors (Lipinski definition) is 1. The molecule has 0 amide bonds. The van der Waals surface area contributed by atoms with Gasteiger partial charge in [0, 0.05) is 6.20 Å². The molecule has 0 unspecified atom stereocenters. The number of hydrogen-bond acceptors (Lipinski definition) is 3. The Hall–Kier alpha value is -0.600. The van der Waals surface area contributed by atoms with Crippen LogP contribution in [0.5, 0.6) is 0 Å². The second kappa shape index (κ2) is 3.46. The lowest BCUT2D eigenvalue weighted by atomic mass is 10.2. The monoisotopic (exact) mass is 329 g/mol. The van der Waals surface area contributed by atoms with Crippen molar-refractivity contribution >= 4 is 28.4 Å². The molecule has 1 N–H and O–H groups in total. The van der Waals surface area contributed by atoms with Crippen LogP contribution in [-0.2, 0) is 0 Å². The molecular formula is C8H7F3IN3. The quantitative estimate of drug-likeness (QED) is 0.848. The van der Waals surface area contributed by atoms with Crippen LogP contribution in [0.2, 0.25) is 0 Å². The van der Waals surface area contributed by atoms with Gasteiger partial charge in [0.15, 0.2) is 0 Å². The number of rotatable bonds is 2. The topological polar surface area (TPSA) is 37.8 Å². The van der Waals surface area contributed by atoms with Crippen molar-refractivity contribution in [3.05, 3.63) is 16.1 Å². The van der Waals surface area contributed by atoms with Crippen molar-refractivity contribution in [2.45, 2.75) is 24.6 Å². The molecule has 0 atom stereocenters. The zero-order valence-electron chi connectivity index (χ0n) is 7.48. The highest BCUT2D eigenvalue weighted by Gasteiger charge is 2.63. The largest absolute Gasteiger partial charge is 0.411 e. The second-order valence-corrected chi connectivity index (χ2v) is 4.59. The minimum Gasteiger partial charge on any atom is -0.355 e. The van der Waals surface area contributed by atoms with Crippen LogP contribution in [0, 0.1) is 3.57 Å². The zero-order valence-corrected chi connectivity index (χ0v) is 9.63. The molecular weight excluding hydrogens is 322 g/mol. The highest BCUT2D eigenvalue weighted by atomic mass is 127. The summed E-state index contributed by atoms with van der Waals surface area (Å²) in [4.78, 5) is 7.50. The standard InChI is InChI=1S/C8H7F3IN3/c9-8(10,11)7(1-2-7)15-6-5(12)3-13-4-14-6/h3-4H,1-2H2,(H,13,14,15). The van der Waals surface area contributed by atoms with Crippen LogP contribution < -0.4 is 5.32 Å². The van der Waals surface area contributed by atoms with E-state index in [-0.39, 0.29) is 18.7 Å². The van der Waals surface area contributed by atoms with Gasteiger partial charge in [-0.15, -0.1) is 0 Å². The molecule has 1 fully saturated rings. The van der Waals surface area contributed by atoms with Crippen molar-refractivity contribution < 1.29 is 13.2 Å². The Bertz CT molecular complexity index is 376. The SMILES string of the molecule is FC(F)(F)C1(Nc2ncncc2I)CC1. The van der Waals surface area contributed by atoms with Crippen molar-refractivity contribution in [3.63, 3.8) is 0 Å². The van der Waals surface area contributed by atoms with Crippen molar-refractivity contribution in [2.24, 2.45) is 0 Å². The first kappa shape index (κ1) is 10.9. The molecule has 0 spiro atoms. The van der Waals surface area contributed by atoms with E-state index in [0.717, 1.165) is 0 Å². The van der Waals surface area contributed by atoms with Gasteiger partial charge in [-0.25, -0.2) is 9.97 Å². The minimum atomic E-state index is -4.22. The van der Waals surface area contributed by atoms with Crippen LogP contribution in [0.3, 0.4) is 0 Å². The molecule has 2 rings (SSSR count). The van der Waals surface area contributed by atoms with Gasteiger partial charge < -0.3 is 5.32 Å². The van der Waals surface area contributed by atoms with Crippen LogP contribution >= 0.6 is 22.6 Å². The molecule has 1 aromatic rings. The molecule has 15 heavy (non-hydrogen) atoms. The predicted octanol–water partition coefficient (Wildman–Crippen LogP) is 2.59. The Balaban J connectivity index is 2.20. The normalized spacial score (nSPS) is 18.7. The minimum absolute atomic E-state index is 0.108. The Morgan fingerprint density at radius 2 is 2.07 bits per heavy atom. The molecule has 0 bridgehead atoms. The molecule has 1 heterocycles. The van der Waals surface area contributed by atoms with Crippen LogP contribution in [-0.4, -0.2) is 21.7 Å². The number of alkyl halides is 3. The molecule has 0 radical (unpaired) electrons. The maximum absolute atomic E-state index is 12.6. The maximum Gasteiger partial charge on any atom is 0.411 e. The molecule has 0 aromatic carbocycles. The number of aromatic nitrogens is 2.